The third kappa shape index (κ3) is 3.69. The summed E-state index contributed by atoms with van der Waals surface area (Å²) in [4.78, 5) is 26.7. The van der Waals surface area contributed by atoms with Crippen LogP contribution in [0.2, 0.25) is 0 Å². The number of nitriles is 1. The van der Waals surface area contributed by atoms with Crippen molar-refractivity contribution >= 4 is 23.3 Å². The van der Waals surface area contributed by atoms with E-state index in [0.717, 1.165) is 5.69 Å². The molecule has 0 radical (unpaired) electrons. The van der Waals surface area contributed by atoms with Crippen molar-refractivity contribution < 1.29 is 14.3 Å². The minimum atomic E-state index is -0.648. The Labute approximate surface area is 168 Å². The first-order valence-corrected chi connectivity index (χ1v) is 8.98. The molecule has 7 nitrogen and oxygen atoms in total. The van der Waals surface area contributed by atoms with Crippen LogP contribution >= 0.6 is 0 Å². The van der Waals surface area contributed by atoms with Gasteiger partial charge in [-0.2, -0.15) is 5.26 Å². The minimum Gasteiger partial charge on any atom is -0.464 e. The smallest absolute Gasteiger partial charge is 0.357 e. The van der Waals surface area contributed by atoms with Crippen molar-refractivity contribution in [2.75, 3.05) is 24.3 Å². The van der Waals surface area contributed by atoms with E-state index in [4.69, 9.17) is 10.5 Å². The summed E-state index contributed by atoms with van der Waals surface area (Å²) in [6.07, 6.45) is 1.47. The summed E-state index contributed by atoms with van der Waals surface area (Å²) in [5.74, 6) is -0.784. The molecule has 0 unspecified atom stereocenters. The standard InChI is InChI=1S/C22H20N4O3/c1-3-25(17-7-5-4-6-8-17)21(27)15-9-11-18(12-10-15)26-14-16(13-23)19(24)20(26)22(28)29-2/h4-12,14H,3,24H2,1-2H3. The second-order valence-electron chi connectivity index (χ2n) is 6.21. The molecule has 0 aliphatic carbocycles. The molecule has 1 aromatic heterocycles. The Morgan fingerprint density at radius 2 is 1.79 bits per heavy atom. The van der Waals surface area contributed by atoms with Crippen molar-refractivity contribution in [2.45, 2.75) is 6.92 Å². The number of aromatic nitrogens is 1. The van der Waals surface area contributed by atoms with Crippen molar-refractivity contribution in [1.29, 1.82) is 5.26 Å². The maximum absolute atomic E-state index is 12.9. The zero-order chi connectivity index (χ0) is 21.0. The molecule has 0 bridgehead atoms. The Kier molecular flexibility index (Phi) is 5.65. The summed E-state index contributed by atoms with van der Waals surface area (Å²) in [7, 11) is 1.25. The van der Waals surface area contributed by atoms with E-state index in [-0.39, 0.29) is 22.9 Å². The maximum Gasteiger partial charge on any atom is 0.357 e. The normalized spacial score (nSPS) is 10.2. The number of methoxy groups -OCH3 is 1. The molecule has 3 aromatic rings. The third-order valence-corrected chi connectivity index (χ3v) is 4.57. The minimum absolute atomic E-state index is 0.0562. The SMILES string of the molecule is CCN(C(=O)c1ccc(-n2cc(C#N)c(N)c2C(=O)OC)cc1)c1ccccc1. The summed E-state index contributed by atoms with van der Waals surface area (Å²) in [6, 6.07) is 18.1. The van der Waals surface area contributed by atoms with Crippen LogP contribution in [0.15, 0.2) is 60.8 Å². The number of nitrogens with two attached hydrogens (primary N) is 1. The van der Waals surface area contributed by atoms with Gasteiger partial charge >= 0.3 is 5.97 Å². The van der Waals surface area contributed by atoms with Crippen LogP contribution in [0, 0.1) is 11.3 Å². The lowest BCUT2D eigenvalue weighted by Gasteiger charge is -2.21. The average molecular weight is 388 g/mol. The molecule has 0 aliphatic heterocycles. The van der Waals surface area contributed by atoms with Crippen LogP contribution in [0.5, 0.6) is 0 Å². The van der Waals surface area contributed by atoms with Crippen LogP contribution in [-0.4, -0.2) is 30.1 Å². The molecular weight excluding hydrogens is 368 g/mol. The molecule has 29 heavy (non-hydrogen) atoms. The zero-order valence-corrected chi connectivity index (χ0v) is 16.1. The van der Waals surface area contributed by atoms with Gasteiger partial charge in [0.15, 0.2) is 5.69 Å². The van der Waals surface area contributed by atoms with Crippen LogP contribution < -0.4 is 10.6 Å². The lowest BCUT2D eigenvalue weighted by Crippen LogP contribution is -2.30. The lowest BCUT2D eigenvalue weighted by atomic mass is 10.1. The number of anilines is 2. The number of ether oxygens (including phenoxy) is 1. The van der Waals surface area contributed by atoms with Crippen molar-refractivity contribution in [1.82, 2.24) is 4.57 Å². The first-order valence-electron chi connectivity index (χ1n) is 8.98. The van der Waals surface area contributed by atoms with Crippen molar-refractivity contribution in [3.8, 4) is 11.8 Å². The number of hydrogen-bond donors (Lipinski definition) is 1. The highest BCUT2D eigenvalue weighted by Crippen LogP contribution is 2.25. The number of nitrogen functional groups attached to an aromatic ring is 1. The molecule has 0 saturated heterocycles. The van der Waals surface area contributed by atoms with E-state index < -0.39 is 5.97 Å². The first kappa shape index (κ1) is 19.7. The van der Waals surface area contributed by atoms with Gasteiger partial charge in [-0.25, -0.2) is 4.79 Å². The Hall–Kier alpha value is -4.05. The summed E-state index contributed by atoms with van der Waals surface area (Å²) >= 11 is 0. The molecule has 3 rings (SSSR count). The predicted octanol–water partition coefficient (Wildman–Crippen LogP) is 3.38. The quantitative estimate of drug-likeness (QED) is 0.675. The van der Waals surface area contributed by atoms with Gasteiger partial charge in [0.05, 0.1) is 18.4 Å². The van der Waals surface area contributed by atoms with Gasteiger partial charge in [0, 0.05) is 29.7 Å². The van der Waals surface area contributed by atoms with E-state index in [1.54, 1.807) is 29.2 Å². The number of esters is 1. The number of amides is 1. The fourth-order valence-corrected chi connectivity index (χ4v) is 3.09. The Morgan fingerprint density at radius 3 is 2.34 bits per heavy atom. The van der Waals surface area contributed by atoms with Crippen LogP contribution in [0.1, 0.15) is 33.3 Å². The van der Waals surface area contributed by atoms with E-state index >= 15 is 0 Å². The first-order chi connectivity index (χ1) is 14.0. The molecule has 0 spiro atoms. The van der Waals surface area contributed by atoms with Gasteiger partial charge in [0.2, 0.25) is 0 Å². The fourth-order valence-electron chi connectivity index (χ4n) is 3.09. The highest BCUT2D eigenvalue weighted by atomic mass is 16.5. The molecular formula is C22H20N4O3. The van der Waals surface area contributed by atoms with Crippen LogP contribution in [0.3, 0.4) is 0 Å². The maximum atomic E-state index is 12.9. The Balaban J connectivity index is 1.96. The second kappa shape index (κ2) is 8.31. The highest BCUT2D eigenvalue weighted by molar-refractivity contribution is 6.06. The van der Waals surface area contributed by atoms with Crippen molar-refractivity contribution in [3.05, 3.63) is 77.6 Å². The molecule has 2 aromatic carbocycles. The molecule has 0 saturated carbocycles. The van der Waals surface area contributed by atoms with Gasteiger partial charge in [-0.3, -0.25) is 4.79 Å². The summed E-state index contributed by atoms with van der Waals surface area (Å²) in [5, 5.41) is 9.23. The predicted molar refractivity (Wildman–Crippen MR) is 110 cm³/mol. The number of carbonyl (C=O) groups excluding carboxylic acids is 2. The summed E-state index contributed by atoms with van der Waals surface area (Å²) in [6.45, 7) is 2.44. The van der Waals surface area contributed by atoms with Crippen molar-refractivity contribution in [2.24, 2.45) is 0 Å². The van der Waals surface area contributed by atoms with Gasteiger partial charge in [0.25, 0.3) is 5.91 Å². The number of para-hydroxylation sites is 1. The van der Waals surface area contributed by atoms with Gasteiger partial charge in [-0.1, -0.05) is 18.2 Å². The summed E-state index contributed by atoms with van der Waals surface area (Å²) < 4.78 is 6.27. The number of rotatable bonds is 5. The van der Waals surface area contributed by atoms with E-state index in [1.807, 2.05) is 43.3 Å². The third-order valence-electron chi connectivity index (χ3n) is 4.57. The Morgan fingerprint density at radius 1 is 1.14 bits per heavy atom. The zero-order valence-electron chi connectivity index (χ0n) is 16.1. The molecule has 0 fully saturated rings. The summed E-state index contributed by atoms with van der Waals surface area (Å²) in [5.41, 5.74) is 8.12. The van der Waals surface area contributed by atoms with Gasteiger partial charge in [-0.15, -0.1) is 0 Å². The van der Waals surface area contributed by atoms with E-state index in [2.05, 4.69) is 0 Å². The monoisotopic (exact) mass is 388 g/mol. The average Bonchev–Trinajstić information content (AvgIpc) is 3.10. The largest absolute Gasteiger partial charge is 0.464 e. The molecule has 7 heteroatoms. The lowest BCUT2D eigenvalue weighted by molar-refractivity contribution is 0.0593. The number of carbonyl (C=O) groups is 2. The topological polar surface area (TPSA) is 101 Å². The highest BCUT2D eigenvalue weighted by Gasteiger charge is 2.22. The number of hydrogen-bond acceptors (Lipinski definition) is 5. The van der Waals surface area contributed by atoms with Crippen LogP contribution in [0.25, 0.3) is 5.69 Å². The number of nitrogens with zero attached hydrogens (tertiary/aromatic N) is 3. The molecule has 0 aliphatic rings. The van der Waals surface area contributed by atoms with Crippen LogP contribution in [-0.2, 0) is 4.74 Å². The molecule has 2 N–H and O–H groups in total. The van der Waals surface area contributed by atoms with E-state index in [1.165, 1.54) is 17.9 Å². The fraction of sp³-hybridized carbons (Fsp3) is 0.136. The molecule has 1 heterocycles. The van der Waals surface area contributed by atoms with E-state index in [9.17, 15) is 14.9 Å². The van der Waals surface area contributed by atoms with Gasteiger partial charge in [-0.05, 0) is 43.3 Å². The second-order valence-corrected chi connectivity index (χ2v) is 6.21. The number of benzene rings is 2. The van der Waals surface area contributed by atoms with Crippen LogP contribution in [0.4, 0.5) is 11.4 Å². The molecule has 146 valence electrons. The molecule has 1 amide bonds. The molecule has 0 atom stereocenters. The Bertz CT molecular complexity index is 1080. The van der Waals surface area contributed by atoms with Crippen molar-refractivity contribution in [3.63, 3.8) is 0 Å². The van der Waals surface area contributed by atoms with Gasteiger partial charge in [0.1, 0.15) is 6.07 Å². The van der Waals surface area contributed by atoms with E-state index in [0.29, 0.717) is 17.8 Å². The van der Waals surface area contributed by atoms with Gasteiger partial charge < -0.3 is 19.9 Å².